The van der Waals surface area contributed by atoms with E-state index >= 15 is 0 Å². The summed E-state index contributed by atoms with van der Waals surface area (Å²) in [5, 5.41) is 6.22. The van der Waals surface area contributed by atoms with E-state index in [0.29, 0.717) is 12.5 Å². The summed E-state index contributed by atoms with van der Waals surface area (Å²) in [6.07, 6.45) is 0. The van der Waals surface area contributed by atoms with Crippen LogP contribution in [0.15, 0.2) is 70.6 Å². The topological polar surface area (TPSA) is 82.6 Å². The highest BCUT2D eigenvalue weighted by molar-refractivity contribution is 7.99. The summed E-state index contributed by atoms with van der Waals surface area (Å²) in [5.74, 6) is 1.47. The van der Waals surface area contributed by atoms with Crippen molar-refractivity contribution in [3.63, 3.8) is 0 Å². The number of guanidine groups is 1. The van der Waals surface area contributed by atoms with Gasteiger partial charge in [0.25, 0.3) is 0 Å². The number of nitrogens with zero attached hydrogens (tertiary/aromatic N) is 1. The van der Waals surface area contributed by atoms with Gasteiger partial charge in [-0.2, -0.15) is 0 Å². The number of sulfonamides is 1. The molecule has 8 heteroatoms. The van der Waals surface area contributed by atoms with Crippen molar-refractivity contribution in [1.29, 1.82) is 0 Å². The Balaban J connectivity index is 1.63. The summed E-state index contributed by atoms with van der Waals surface area (Å²) in [7, 11) is -1.68. The smallest absolute Gasteiger partial charge is 0.213 e. The van der Waals surface area contributed by atoms with Gasteiger partial charge in [-0.3, -0.25) is 4.99 Å². The fourth-order valence-electron chi connectivity index (χ4n) is 2.24. The zero-order chi connectivity index (χ0) is 19.4. The molecule has 0 bridgehead atoms. The van der Waals surface area contributed by atoms with E-state index in [-0.39, 0.29) is 12.3 Å². The van der Waals surface area contributed by atoms with Crippen LogP contribution in [-0.2, 0) is 16.6 Å². The first-order valence-corrected chi connectivity index (χ1v) is 11.4. The SMILES string of the molecule is CN=C(NCCSc1ccccc1)NCCS(=O)(=O)NCc1ccccc1. The molecule has 0 spiro atoms. The van der Waals surface area contributed by atoms with Gasteiger partial charge in [-0.05, 0) is 17.7 Å². The van der Waals surface area contributed by atoms with Gasteiger partial charge in [0.1, 0.15) is 0 Å². The van der Waals surface area contributed by atoms with Crippen molar-refractivity contribution in [3.8, 4) is 0 Å². The van der Waals surface area contributed by atoms with Crippen LogP contribution in [0.5, 0.6) is 0 Å². The summed E-state index contributed by atoms with van der Waals surface area (Å²) in [6.45, 7) is 1.32. The minimum Gasteiger partial charge on any atom is -0.356 e. The molecule has 2 aromatic rings. The van der Waals surface area contributed by atoms with E-state index in [1.807, 2.05) is 48.5 Å². The molecule has 3 N–H and O–H groups in total. The normalized spacial score (nSPS) is 12.0. The predicted molar refractivity (Wildman–Crippen MR) is 114 cm³/mol. The van der Waals surface area contributed by atoms with Crippen molar-refractivity contribution in [2.75, 3.05) is 31.6 Å². The van der Waals surface area contributed by atoms with Crippen molar-refractivity contribution >= 4 is 27.7 Å². The van der Waals surface area contributed by atoms with E-state index in [1.165, 1.54) is 4.90 Å². The second kappa shape index (κ2) is 11.6. The van der Waals surface area contributed by atoms with Crippen molar-refractivity contribution in [2.45, 2.75) is 11.4 Å². The van der Waals surface area contributed by atoms with Crippen molar-refractivity contribution in [2.24, 2.45) is 4.99 Å². The monoisotopic (exact) mass is 406 g/mol. The van der Waals surface area contributed by atoms with Gasteiger partial charge in [-0.25, -0.2) is 13.1 Å². The molecule has 0 aromatic heterocycles. The van der Waals surface area contributed by atoms with Crippen LogP contribution < -0.4 is 15.4 Å². The lowest BCUT2D eigenvalue weighted by Gasteiger charge is -2.12. The van der Waals surface area contributed by atoms with Gasteiger partial charge in [0.05, 0.1) is 5.75 Å². The molecule has 0 atom stereocenters. The van der Waals surface area contributed by atoms with Crippen molar-refractivity contribution in [3.05, 3.63) is 66.2 Å². The van der Waals surface area contributed by atoms with E-state index in [0.717, 1.165) is 17.9 Å². The second-order valence-corrected chi connectivity index (χ2v) is 8.81. The van der Waals surface area contributed by atoms with Crippen LogP contribution >= 0.6 is 11.8 Å². The molecule has 27 heavy (non-hydrogen) atoms. The molecule has 0 fully saturated rings. The highest BCUT2D eigenvalue weighted by Crippen LogP contribution is 2.15. The van der Waals surface area contributed by atoms with Crippen LogP contribution in [0.1, 0.15) is 5.56 Å². The molecule has 0 heterocycles. The lowest BCUT2D eigenvalue weighted by molar-refractivity contribution is 0.580. The molecule has 0 amide bonds. The fourth-order valence-corrected chi connectivity index (χ4v) is 3.93. The molecule has 2 aromatic carbocycles. The van der Waals surface area contributed by atoms with E-state index in [1.54, 1.807) is 18.8 Å². The minimum atomic E-state index is -3.34. The van der Waals surface area contributed by atoms with Gasteiger partial charge in [0.2, 0.25) is 10.0 Å². The molecule has 0 saturated heterocycles. The molecule has 146 valence electrons. The van der Waals surface area contributed by atoms with E-state index < -0.39 is 10.0 Å². The third-order valence-electron chi connectivity index (χ3n) is 3.63. The molecule has 0 saturated carbocycles. The summed E-state index contributed by atoms with van der Waals surface area (Å²) >= 11 is 1.75. The third-order valence-corrected chi connectivity index (χ3v) is 5.97. The summed E-state index contributed by atoms with van der Waals surface area (Å²) in [5.41, 5.74) is 0.933. The Kier molecular flexibility index (Phi) is 9.17. The quantitative estimate of drug-likeness (QED) is 0.244. The van der Waals surface area contributed by atoms with Crippen LogP contribution in [-0.4, -0.2) is 46.0 Å². The van der Waals surface area contributed by atoms with E-state index in [2.05, 4.69) is 32.5 Å². The molecular weight excluding hydrogens is 380 g/mol. The number of nitrogens with one attached hydrogen (secondary N) is 3. The molecule has 2 rings (SSSR count). The molecule has 0 unspecified atom stereocenters. The average molecular weight is 407 g/mol. The Labute approximate surface area is 165 Å². The van der Waals surface area contributed by atoms with Crippen molar-refractivity contribution in [1.82, 2.24) is 15.4 Å². The highest BCUT2D eigenvalue weighted by Gasteiger charge is 2.10. The molecule has 0 radical (unpaired) electrons. The number of hydrogen-bond acceptors (Lipinski definition) is 4. The number of benzene rings is 2. The average Bonchev–Trinajstić information content (AvgIpc) is 2.70. The molecule has 6 nitrogen and oxygen atoms in total. The first kappa shape index (κ1) is 21.3. The largest absolute Gasteiger partial charge is 0.356 e. The van der Waals surface area contributed by atoms with Gasteiger partial charge in [-0.1, -0.05) is 48.5 Å². The maximum atomic E-state index is 12.1. The summed E-state index contributed by atoms with van der Waals surface area (Å²) in [6, 6.07) is 19.6. The van der Waals surface area contributed by atoms with Crippen LogP contribution in [0, 0.1) is 0 Å². The van der Waals surface area contributed by atoms with Gasteiger partial charge < -0.3 is 10.6 Å². The van der Waals surface area contributed by atoms with Crippen LogP contribution in [0.25, 0.3) is 0 Å². The third kappa shape index (κ3) is 8.94. The Bertz CT molecular complexity index is 797. The summed E-state index contributed by atoms with van der Waals surface area (Å²) in [4.78, 5) is 5.34. The molecule has 0 aliphatic rings. The maximum absolute atomic E-state index is 12.1. The van der Waals surface area contributed by atoms with Crippen LogP contribution in [0.2, 0.25) is 0 Å². The number of hydrogen-bond donors (Lipinski definition) is 3. The first-order valence-electron chi connectivity index (χ1n) is 8.73. The molecule has 0 aliphatic carbocycles. The standard InChI is InChI=1S/C19H26N4O2S2/c1-20-19(21-12-14-26-18-10-6-3-7-11-18)22-13-15-27(24,25)23-16-17-8-4-2-5-9-17/h2-11,23H,12-16H2,1H3,(H2,20,21,22). The summed E-state index contributed by atoms with van der Waals surface area (Å²) < 4.78 is 26.8. The minimum absolute atomic E-state index is 0.0146. The Morgan fingerprint density at radius 3 is 2.26 bits per heavy atom. The predicted octanol–water partition coefficient (Wildman–Crippen LogP) is 2.06. The Morgan fingerprint density at radius 2 is 1.59 bits per heavy atom. The van der Waals surface area contributed by atoms with Gasteiger partial charge in [0, 0.05) is 37.3 Å². The zero-order valence-electron chi connectivity index (χ0n) is 15.4. The van der Waals surface area contributed by atoms with Gasteiger partial charge in [-0.15, -0.1) is 11.8 Å². The van der Waals surface area contributed by atoms with E-state index in [4.69, 9.17) is 0 Å². The van der Waals surface area contributed by atoms with Gasteiger partial charge in [0.15, 0.2) is 5.96 Å². The fraction of sp³-hybridized carbons (Fsp3) is 0.316. The van der Waals surface area contributed by atoms with Gasteiger partial charge >= 0.3 is 0 Å². The lowest BCUT2D eigenvalue weighted by Crippen LogP contribution is -2.41. The Hall–Kier alpha value is -2.03. The molecule has 0 aliphatic heterocycles. The number of thioether (sulfide) groups is 1. The number of rotatable bonds is 10. The first-order chi connectivity index (χ1) is 13.1. The van der Waals surface area contributed by atoms with Crippen LogP contribution in [0.4, 0.5) is 0 Å². The zero-order valence-corrected chi connectivity index (χ0v) is 17.0. The van der Waals surface area contributed by atoms with Crippen molar-refractivity contribution < 1.29 is 8.42 Å². The second-order valence-electron chi connectivity index (χ2n) is 5.71. The number of aliphatic imine (C=N–C) groups is 1. The Morgan fingerprint density at radius 1 is 0.963 bits per heavy atom. The van der Waals surface area contributed by atoms with Crippen LogP contribution in [0.3, 0.4) is 0 Å². The van der Waals surface area contributed by atoms with E-state index in [9.17, 15) is 8.42 Å². The lowest BCUT2D eigenvalue weighted by atomic mass is 10.2. The highest BCUT2D eigenvalue weighted by atomic mass is 32.2. The maximum Gasteiger partial charge on any atom is 0.213 e. The molecular formula is C19H26N4O2S2.